The predicted octanol–water partition coefficient (Wildman–Crippen LogP) is 1.00. The first-order chi connectivity index (χ1) is 10.8. The quantitative estimate of drug-likeness (QED) is 0.222. The molecule has 0 aromatic carbocycles. The molecule has 0 aliphatic carbocycles. The van der Waals surface area contributed by atoms with Crippen LogP contribution < -0.4 is 0 Å². The summed E-state index contributed by atoms with van der Waals surface area (Å²) in [5, 5.41) is 9.80. The lowest BCUT2D eigenvalue weighted by atomic mass is 10.2. The van der Waals surface area contributed by atoms with Gasteiger partial charge in [0.2, 0.25) is 0 Å². The second kappa shape index (κ2) is 10.6. The number of aliphatic hydroxyl groups excluding tert-OH is 1. The molecule has 1 unspecified atom stereocenters. The van der Waals surface area contributed by atoms with Crippen molar-refractivity contribution in [2.75, 3.05) is 32.8 Å². The first kappa shape index (κ1) is 25.1. The molecule has 144 valence electrons. The molecule has 1 N–H and O–H groups in total. The van der Waals surface area contributed by atoms with Crippen LogP contribution in [0.3, 0.4) is 0 Å². The van der Waals surface area contributed by atoms with E-state index in [9.17, 15) is 23.1 Å². The SMILES string of the molecule is C=CC(=O)OCC(O)C[N+](CC)(CC)CC.O=S(=O)([O-])C(F)(F)F. The number of carbonyl (C=O) groups is 1. The standard InChI is InChI=1S/C12H24NO3.CHF3O3S/c1-5-12(15)16-10-11(14)9-13(6-2,7-3)8-4;2-1(3,4)8(5,6)7/h5,11,14H,1,6-10H2,2-4H3;(H,5,6,7)/q+1;/p-1. The summed E-state index contributed by atoms with van der Waals surface area (Å²) in [5.74, 6) is -0.485. The van der Waals surface area contributed by atoms with E-state index >= 15 is 0 Å². The van der Waals surface area contributed by atoms with Crippen molar-refractivity contribution in [3.63, 3.8) is 0 Å². The second-order valence-electron chi connectivity index (χ2n) is 4.86. The highest BCUT2D eigenvalue weighted by Gasteiger charge is 2.36. The predicted molar refractivity (Wildman–Crippen MR) is 79.7 cm³/mol. The number of quaternary nitrogens is 1. The zero-order valence-corrected chi connectivity index (χ0v) is 14.7. The Bertz CT molecular complexity index is 480. The van der Waals surface area contributed by atoms with Crippen LogP contribution in [0.1, 0.15) is 20.8 Å². The average Bonchev–Trinajstić information content (AvgIpc) is 2.49. The topological polar surface area (TPSA) is 104 Å². The van der Waals surface area contributed by atoms with E-state index in [0.717, 1.165) is 30.2 Å². The van der Waals surface area contributed by atoms with Gasteiger partial charge in [0.1, 0.15) is 19.3 Å². The number of ether oxygens (including phenoxy) is 1. The average molecular weight is 379 g/mol. The van der Waals surface area contributed by atoms with E-state index in [0.29, 0.717) is 6.54 Å². The number of hydrogen-bond donors (Lipinski definition) is 1. The molecule has 0 aliphatic rings. The van der Waals surface area contributed by atoms with E-state index in [-0.39, 0.29) is 6.61 Å². The fourth-order valence-electron chi connectivity index (χ4n) is 1.80. The molecule has 0 aromatic heterocycles. The lowest BCUT2D eigenvalue weighted by Crippen LogP contribution is -2.52. The van der Waals surface area contributed by atoms with E-state index in [1.165, 1.54) is 0 Å². The molecule has 11 heteroatoms. The zero-order valence-electron chi connectivity index (χ0n) is 13.9. The maximum Gasteiger partial charge on any atom is 0.485 e. The van der Waals surface area contributed by atoms with Crippen molar-refractivity contribution in [3.8, 4) is 0 Å². The van der Waals surface area contributed by atoms with Gasteiger partial charge in [-0.3, -0.25) is 0 Å². The molecular formula is C13H24F3NO6S. The first-order valence-corrected chi connectivity index (χ1v) is 8.53. The highest BCUT2D eigenvalue weighted by molar-refractivity contribution is 7.86. The minimum absolute atomic E-state index is 0.0465. The molecule has 7 nitrogen and oxygen atoms in total. The fraction of sp³-hybridized carbons (Fsp3) is 0.769. The Hall–Kier alpha value is -1.17. The van der Waals surface area contributed by atoms with E-state index in [4.69, 9.17) is 17.7 Å². The van der Waals surface area contributed by atoms with Crippen LogP contribution in [0.2, 0.25) is 0 Å². The van der Waals surface area contributed by atoms with Crippen LogP contribution in [-0.4, -0.2) is 72.9 Å². The Labute approximate surface area is 140 Å². The number of carbonyl (C=O) groups excluding carboxylic acids is 1. The van der Waals surface area contributed by atoms with Gasteiger partial charge in [0.05, 0.1) is 19.6 Å². The summed E-state index contributed by atoms with van der Waals surface area (Å²) in [6, 6.07) is 0. The number of hydrogen-bond acceptors (Lipinski definition) is 6. The van der Waals surface area contributed by atoms with Crippen molar-refractivity contribution in [2.45, 2.75) is 32.4 Å². The van der Waals surface area contributed by atoms with E-state index in [1.807, 2.05) is 0 Å². The highest BCUT2D eigenvalue weighted by atomic mass is 32.2. The zero-order chi connectivity index (χ0) is 19.6. The summed E-state index contributed by atoms with van der Waals surface area (Å²) in [4.78, 5) is 10.8. The maximum atomic E-state index is 10.8. The molecule has 0 saturated carbocycles. The molecule has 1 atom stereocenters. The van der Waals surface area contributed by atoms with Gasteiger partial charge in [-0.1, -0.05) is 6.58 Å². The van der Waals surface area contributed by atoms with Gasteiger partial charge in [0.15, 0.2) is 10.1 Å². The number of esters is 1. The number of halogens is 3. The molecule has 0 bridgehead atoms. The molecule has 0 radical (unpaired) electrons. The molecular weight excluding hydrogens is 355 g/mol. The van der Waals surface area contributed by atoms with Gasteiger partial charge in [0.25, 0.3) is 0 Å². The van der Waals surface area contributed by atoms with Crippen molar-refractivity contribution in [1.29, 1.82) is 0 Å². The van der Waals surface area contributed by atoms with Crippen LogP contribution in [0.5, 0.6) is 0 Å². The van der Waals surface area contributed by atoms with Crippen molar-refractivity contribution in [2.24, 2.45) is 0 Å². The van der Waals surface area contributed by atoms with Gasteiger partial charge >= 0.3 is 11.5 Å². The Balaban J connectivity index is 0. The smallest absolute Gasteiger partial charge is 0.485 e. The summed E-state index contributed by atoms with van der Waals surface area (Å²) in [6.45, 7) is 13.2. The van der Waals surface area contributed by atoms with Crippen LogP contribution in [0.4, 0.5) is 13.2 Å². The Kier molecular flexibility index (Phi) is 11.1. The summed E-state index contributed by atoms with van der Waals surface area (Å²) in [5.41, 5.74) is -5.65. The van der Waals surface area contributed by atoms with Crippen LogP contribution in [0.25, 0.3) is 0 Å². The first-order valence-electron chi connectivity index (χ1n) is 7.13. The van der Waals surface area contributed by atoms with Crippen molar-refractivity contribution < 1.29 is 45.3 Å². The monoisotopic (exact) mass is 379 g/mol. The Morgan fingerprint density at radius 2 is 1.67 bits per heavy atom. The molecule has 0 amide bonds. The van der Waals surface area contributed by atoms with E-state index in [1.54, 1.807) is 0 Å². The van der Waals surface area contributed by atoms with Gasteiger partial charge in [0, 0.05) is 6.08 Å². The number of aliphatic hydroxyl groups is 1. The third kappa shape index (κ3) is 9.85. The Morgan fingerprint density at radius 3 is 1.92 bits per heavy atom. The van der Waals surface area contributed by atoms with Crippen molar-refractivity contribution in [3.05, 3.63) is 12.7 Å². The molecule has 24 heavy (non-hydrogen) atoms. The molecule has 0 rings (SSSR count). The molecule has 0 spiro atoms. The lowest BCUT2D eigenvalue weighted by molar-refractivity contribution is -0.926. The molecule has 0 aliphatic heterocycles. The summed E-state index contributed by atoms with van der Waals surface area (Å²) < 4.78 is 64.6. The number of alkyl halides is 3. The molecule has 0 saturated heterocycles. The normalized spacial score (nSPS) is 13.5. The second-order valence-corrected chi connectivity index (χ2v) is 6.23. The van der Waals surface area contributed by atoms with Crippen LogP contribution in [0.15, 0.2) is 12.7 Å². The van der Waals surface area contributed by atoms with Crippen LogP contribution >= 0.6 is 0 Å². The molecule has 0 aromatic rings. The van der Waals surface area contributed by atoms with E-state index in [2.05, 4.69) is 27.4 Å². The third-order valence-electron chi connectivity index (χ3n) is 3.48. The lowest BCUT2D eigenvalue weighted by Gasteiger charge is -2.37. The van der Waals surface area contributed by atoms with Gasteiger partial charge in [-0.05, 0) is 20.8 Å². The summed E-state index contributed by atoms with van der Waals surface area (Å²) in [6.07, 6.45) is 0.498. The highest BCUT2D eigenvalue weighted by Crippen LogP contribution is 2.20. The van der Waals surface area contributed by atoms with Gasteiger partial charge < -0.3 is 18.9 Å². The third-order valence-corrected chi connectivity index (χ3v) is 4.05. The maximum absolute atomic E-state index is 10.8. The van der Waals surface area contributed by atoms with Gasteiger partial charge in [-0.25, -0.2) is 13.2 Å². The van der Waals surface area contributed by atoms with Crippen LogP contribution in [-0.2, 0) is 19.6 Å². The summed E-state index contributed by atoms with van der Waals surface area (Å²) in [7, 11) is -6.09. The number of likely N-dealkylation sites (N-methyl/N-ethyl adjacent to an activating group) is 1. The van der Waals surface area contributed by atoms with Crippen molar-refractivity contribution >= 4 is 16.1 Å². The summed E-state index contributed by atoms with van der Waals surface area (Å²) >= 11 is 0. The largest absolute Gasteiger partial charge is 0.741 e. The van der Waals surface area contributed by atoms with Crippen molar-refractivity contribution in [1.82, 2.24) is 0 Å². The minimum Gasteiger partial charge on any atom is -0.741 e. The Morgan fingerprint density at radius 1 is 1.29 bits per heavy atom. The fourth-order valence-corrected chi connectivity index (χ4v) is 1.80. The number of nitrogens with zero attached hydrogens (tertiary/aromatic N) is 1. The molecule has 0 fully saturated rings. The minimum atomic E-state index is -6.09. The number of rotatable bonds is 8. The van der Waals surface area contributed by atoms with Crippen LogP contribution in [0, 0.1) is 0 Å². The molecule has 0 heterocycles. The van der Waals surface area contributed by atoms with E-state index < -0.39 is 27.7 Å². The van der Waals surface area contributed by atoms with Gasteiger partial charge in [-0.2, -0.15) is 13.2 Å². The van der Waals surface area contributed by atoms with Gasteiger partial charge in [-0.15, -0.1) is 0 Å².